The van der Waals surface area contributed by atoms with Crippen molar-refractivity contribution in [1.29, 1.82) is 0 Å². The van der Waals surface area contributed by atoms with Crippen molar-refractivity contribution < 1.29 is 9.59 Å². The van der Waals surface area contributed by atoms with Gasteiger partial charge in [-0.3, -0.25) is 9.59 Å². The van der Waals surface area contributed by atoms with E-state index in [0.717, 1.165) is 41.7 Å². The zero-order valence-corrected chi connectivity index (χ0v) is 21.9. The molecule has 4 nitrogen and oxygen atoms in total. The van der Waals surface area contributed by atoms with Gasteiger partial charge in [-0.2, -0.15) is 0 Å². The lowest BCUT2D eigenvalue weighted by Crippen LogP contribution is -2.52. The molecule has 4 rings (SSSR count). The van der Waals surface area contributed by atoms with Gasteiger partial charge in [0.15, 0.2) is 0 Å². The second-order valence-electron chi connectivity index (χ2n) is 9.61. The van der Waals surface area contributed by atoms with Crippen molar-refractivity contribution in [2.45, 2.75) is 69.0 Å². The van der Waals surface area contributed by atoms with E-state index in [1.54, 1.807) is 11.8 Å². The lowest BCUT2D eigenvalue weighted by Gasteiger charge is -2.32. The van der Waals surface area contributed by atoms with Crippen molar-refractivity contribution in [3.05, 3.63) is 102 Å². The van der Waals surface area contributed by atoms with Crippen LogP contribution in [0.1, 0.15) is 48.8 Å². The Kier molecular flexibility index (Phi) is 9.62. The number of benzene rings is 3. The van der Waals surface area contributed by atoms with Crippen LogP contribution in [0.5, 0.6) is 0 Å². The summed E-state index contributed by atoms with van der Waals surface area (Å²) in [6.45, 7) is 2.48. The highest BCUT2D eigenvalue weighted by Crippen LogP contribution is 2.22. The Labute approximate surface area is 219 Å². The first kappa shape index (κ1) is 26.0. The summed E-state index contributed by atoms with van der Waals surface area (Å²) in [4.78, 5) is 30.4. The first-order valence-corrected chi connectivity index (χ1v) is 13.9. The molecule has 0 radical (unpaired) electrons. The molecule has 36 heavy (non-hydrogen) atoms. The fourth-order valence-electron chi connectivity index (χ4n) is 4.73. The molecule has 0 saturated heterocycles. The van der Waals surface area contributed by atoms with Crippen LogP contribution in [0.25, 0.3) is 0 Å². The van der Waals surface area contributed by atoms with Gasteiger partial charge < -0.3 is 10.2 Å². The van der Waals surface area contributed by atoms with Crippen LogP contribution >= 0.6 is 11.8 Å². The maximum absolute atomic E-state index is 13.7. The van der Waals surface area contributed by atoms with E-state index in [2.05, 4.69) is 48.6 Å². The zero-order valence-electron chi connectivity index (χ0n) is 21.1. The van der Waals surface area contributed by atoms with Crippen LogP contribution in [-0.4, -0.2) is 34.6 Å². The summed E-state index contributed by atoms with van der Waals surface area (Å²) >= 11 is 1.68. The topological polar surface area (TPSA) is 49.4 Å². The molecule has 0 aromatic heterocycles. The molecule has 5 heteroatoms. The second kappa shape index (κ2) is 13.3. The highest BCUT2D eigenvalue weighted by atomic mass is 32.2. The molecule has 188 valence electrons. The van der Waals surface area contributed by atoms with E-state index in [-0.39, 0.29) is 17.9 Å². The molecular formula is C31H36N2O2S. The molecule has 0 bridgehead atoms. The van der Waals surface area contributed by atoms with Crippen molar-refractivity contribution in [3.8, 4) is 0 Å². The molecule has 0 spiro atoms. The van der Waals surface area contributed by atoms with Crippen LogP contribution in [0.4, 0.5) is 0 Å². The zero-order chi connectivity index (χ0) is 25.2. The summed E-state index contributed by atoms with van der Waals surface area (Å²) in [5, 5.41) is 3.27. The Balaban J connectivity index is 1.56. The summed E-state index contributed by atoms with van der Waals surface area (Å²) < 4.78 is 0. The van der Waals surface area contributed by atoms with Crippen LogP contribution in [0.2, 0.25) is 0 Å². The fourth-order valence-corrected chi connectivity index (χ4v) is 5.59. The number of nitrogens with one attached hydrogen (secondary N) is 1. The molecular weight excluding hydrogens is 464 g/mol. The molecule has 1 aliphatic rings. The quantitative estimate of drug-likeness (QED) is 0.320. The van der Waals surface area contributed by atoms with Gasteiger partial charge in [-0.25, -0.2) is 0 Å². The van der Waals surface area contributed by atoms with Gasteiger partial charge in [-0.1, -0.05) is 91.2 Å². The fraction of sp³-hybridized carbons (Fsp3) is 0.355. The molecule has 2 amide bonds. The number of hydrogen-bond donors (Lipinski definition) is 1. The third kappa shape index (κ3) is 7.72. The molecule has 1 saturated carbocycles. The van der Waals surface area contributed by atoms with E-state index in [9.17, 15) is 9.59 Å². The number of carbonyl (C=O) groups is 2. The summed E-state index contributed by atoms with van der Waals surface area (Å²) in [5.74, 6) is 0.652. The monoisotopic (exact) mass is 500 g/mol. The largest absolute Gasteiger partial charge is 0.352 e. The maximum atomic E-state index is 13.7. The Morgan fingerprint density at radius 1 is 0.889 bits per heavy atom. The van der Waals surface area contributed by atoms with Gasteiger partial charge in [-0.05, 0) is 43.0 Å². The van der Waals surface area contributed by atoms with Crippen LogP contribution in [0.3, 0.4) is 0 Å². The number of rotatable bonds is 11. The van der Waals surface area contributed by atoms with Crippen LogP contribution < -0.4 is 5.32 Å². The number of carbonyl (C=O) groups excluding carboxylic acids is 2. The SMILES string of the molecule is Cc1ccc(CN(C(=O)CCSc2ccccc2)C(Cc2ccccc2)C(=O)NC2CCCC2)cc1. The number of thioether (sulfide) groups is 1. The normalized spacial score (nSPS) is 14.4. The van der Waals surface area contributed by atoms with E-state index in [1.807, 2.05) is 53.4 Å². The lowest BCUT2D eigenvalue weighted by molar-refractivity contribution is -0.141. The Hall–Kier alpha value is -3.05. The molecule has 3 aromatic carbocycles. The highest BCUT2D eigenvalue weighted by molar-refractivity contribution is 7.99. The van der Waals surface area contributed by atoms with E-state index >= 15 is 0 Å². The van der Waals surface area contributed by atoms with Gasteiger partial charge >= 0.3 is 0 Å². The summed E-state index contributed by atoms with van der Waals surface area (Å²) in [6.07, 6.45) is 5.22. The average molecular weight is 501 g/mol. The third-order valence-corrected chi connectivity index (χ3v) is 7.79. The van der Waals surface area contributed by atoms with E-state index in [1.165, 1.54) is 5.56 Å². The molecule has 1 unspecified atom stereocenters. The third-order valence-electron chi connectivity index (χ3n) is 6.77. The highest BCUT2D eigenvalue weighted by Gasteiger charge is 2.32. The van der Waals surface area contributed by atoms with Gasteiger partial charge in [0.25, 0.3) is 0 Å². The minimum absolute atomic E-state index is 0.0153. The summed E-state index contributed by atoms with van der Waals surface area (Å²) in [7, 11) is 0. The number of nitrogens with zero attached hydrogens (tertiary/aromatic N) is 1. The Bertz CT molecular complexity index is 1100. The van der Waals surface area contributed by atoms with Crippen molar-refractivity contribution in [2.75, 3.05) is 5.75 Å². The number of aryl methyl sites for hydroxylation is 1. The molecule has 1 fully saturated rings. The van der Waals surface area contributed by atoms with Gasteiger partial charge in [0, 0.05) is 36.1 Å². The minimum atomic E-state index is -0.552. The van der Waals surface area contributed by atoms with Crippen molar-refractivity contribution in [1.82, 2.24) is 10.2 Å². The molecule has 3 aromatic rings. The van der Waals surface area contributed by atoms with E-state index < -0.39 is 6.04 Å². The number of hydrogen-bond acceptors (Lipinski definition) is 3. The van der Waals surface area contributed by atoms with Gasteiger partial charge in [0.1, 0.15) is 6.04 Å². The molecule has 1 N–H and O–H groups in total. The minimum Gasteiger partial charge on any atom is -0.352 e. The van der Waals surface area contributed by atoms with E-state index in [4.69, 9.17) is 0 Å². The van der Waals surface area contributed by atoms with Crippen LogP contribution in [-0.2, 0) is 22.6 Å². The predicted molar refractivity (Wildman–Crippen MR) is 148 cm³/mol. The first-order chi connectivity index (χ1) is 17.6. The number of amides is 2. The Morgan fingerprint density at radius 2 is 1.53 bits per heavy atom. The first-order valence-electron chi connectivity index (χ1n) is 13.0. The molecule has 1 aliphatic carbocycles. The van der Waals surface area contributed by atoms with Gasteiger partial charge in [0.2, 0.25) is 11.8 Å². The van der Waals surface area contributed by atoms with Crippen molar-refractivity contribution >= 4 is 23.6 Å². The Morgan fingerprint density at radius 3 is 2.19 bits per heavy atom. The van der Waals surface area contributed by atoms with Crippen LogP contribution in [0, 0.1) is 6.92 Å². The van der Waals surface area contributed by atoms with E-state index in [0.29, 0.717) is 25.1 Å². The molecule has 0 heterocycles. The lowest BCUT2D eigenvalue weighted by atomic mass is 10.0. The van der Waals surface area contributed by atoms with Gasteiger partial charge in [-0.15, -0.1) is 11.8 Å². The van der Waals surface area contributed by atoms with Crippen LogP contribution in [0.15, 0.2) is 89.8 Å². The predicted octanol–water partition coefficient (Wildman–Crippen LogP) is 6.18. The molecule has 1 atom stereocenters. The average Bonchev–Trinajstić information content (AvgIpc) is 3.41. The van der Waals surface area contributed by atoms with Crippen molar-refractivity contribution in [2.24, 2.45) is 0 Å². The molecule has 0 aliphatic heterocycles. The van der Waals surface area contributed by atoms with Crippen molar-refractivity contribution in [3.63, 3.8) is 0 Å². The maximum Gasteiger partial charge on any atom is 0.243 e. The standard InChI is InChI=1S/C31H36N2O2S/c1-24-16-18-26(19-17-24)23-33(30(34)20-21-36-28-14-6-3-7-15-28)29(22-25-10-4-2-5-11-25)31(35)32-27-12-8-9-13-27/h2-7,10-11,14-19,27,29H,8-9,12-13,20-23H2,1H3,(H,32,35). The summed E-state index contributed by atoms with van der Waals surface area (Å²) in [6, 6.07) is 28.1. The summed E-state index contributed by atoms with van der Waals surface area (Å²) in [5.41, 5.74) is 3.27. The second-order valence-corrected chi connectivity index (χ2v) is 10.8. The van der Waals surface area contributed by atoms with Gasteiger partial charge in [0.05, 0.1) is 0 Å². The smallest absolute Gasteiger partial charge is 0.243 e.